The molecule has 0 aromatic carbocycles. The van der Waals surface area contributed by atoms with E-state index in [0.29, 0.717) is 25.9 Å². The number of carbonyl (C=O) groups is 2. The van der Waals surface area contributed by atoms with Crippen molar-refractivity contribution in [2.75, 3.05) is 13.2 Å². The predicted octanol–water partition coefficient (Wildman–Crippen LogP) is 18.2. The number of ether oxygens (including phenoxy) is 1. The Labute approximate surface area is 411 Å². The zero-order chi connectivity index (χ0) is 47.9. The van der Waals surface area contributed by atoms with Gasteiger partial charge in [-0.25, -0.2) is 0 Å². The Morgan fingerprint density at radius 1 is 0.409 bits per heavy atom. The number of amides is 1. The second kappa shape index (κ2) is 55.9. The second-order valence-corrected chi connectivity index (χ2v) is 20.3. The normalized spacial score (nSPS) is 12.7. The quantitative estimate of drug-likeness (QED) is 0.0321. The molecule has 0 heterocycles. The number of rotatable bonds is 55. The number of hydrogen-bond acceptors (Lipinski definition) is 5. The summed E-state index contributed by atoms with van der Waals surface area (Å²) in [6.07, 6.45) is 67.4. The van der Waals surface area contributed by atoms with Crippen LogP contribution in [0.25, 0.3) is 0 Å². The smallest absolute Gasteiger partial charge is 0.305 e. The van der Waals surface area contributed by atoms with Crippen LogP contribution in [0.2, 0.25) is 0 Å². The van der Waals surface area contributed by atoms with Gasteiger partial charge in [-0.15, -0.1) is 0 Å². The van der Waals surface area contributed by atoms with Gasteiger partial charge in [-0.2, -0.15) is 0 Å². The minimum atomic E-state index is -0.674. The molecule has 0 bridgehead atoms. The third-order valence-electron chi connectivity index (χ3n) is 13.7. The highest BCUT2D eigenvalue weighted by Crippen LogP contribution is 2.17. The highest BCUT2D eigenvalue weighted by Gasteiger charge is 2.20. The first kappa shape index (κ1) is 64.3. The fourth-order valence-electron chi connectivity index (χ4n) is 9.16. The van der Waals surface area contributed by atoms with Gasteiger partial charge in [0, 0.05) is 12.8 Å². The van der Waals surface area contributed by atoms with Crippen molar-refractivity contribution < 1.29 is 24.5 Å². The average Bonchev–Trinajstić information content (AvgIpc) is 3.32. The molecule has 0 aromatic rings. The maximum absolute atomic E-state index is 12.5. The molecule has 0 aliphatic heterocycles. The molecule has 0 saturated heterocycles. The maximum Gasteiger partial charge on any atom is 0.305 e. The lowest BCUT2D eigenvalue weighted by atomic mass is 10.0. The van der Waals surface area contributed by atoms with Crippen molar-refractivity contribution in [3.05, 3.63) is 24.3 Å². The van der Waals surface area contributed by atoms with E-state index >= 15 is 0 Å². The van der Waals surface area contributed by atoms with Crippen molar-refractivity contribution in [2.24, 2.45) is 0 Å². The van der Waals surface area contributed by atoms with Gasteiger partial charge in [0.25, 0.3) is 0 Å². The summed E-state index contributed by atoms with van der Waals surface area (Å²) in [4.78, 5) is 24.5. The molecule has 0 aliphatic carbocycles. The topological polar surface area (TPSA) is 95.9 Å². The van der Waals surface area contributed by atoms with Crippen LogP contribution in [0, 0.1) is 0 Å². The standard InChI is InChI=1S/C60H115NO5/c1-3-5-7-9-11-13-15-17-19-20-21-22-26-30-34-38-42-46-50-54-60(65)66-55-51-47-43-39-35-31-27-24-23-25-29-33-37-41-45-49-53-59(64)61-57(56-62)58(63)52-48-44-40-36-32-28-18-16-14-12-10-8-6-4-2/h17,19,23,25,57-58,62-63H,3-16,18,20-22,24,26-56H2,1-2H3,(H,61,64)/b19-17-,25-23-. The Bertz CT molecular complexity index is 1030. The minimum absolute atomic E-state index is 0.00293. The van der Waals surface area contributed by atoms with Crippen LogP contribution in [0.1, 0.15) is 322 Å². The lowest BCUT2D eigenvalue weighted by Crippen LogP contribution is -2.45. The first-order valence-electron chi connectivity index (χ1n) is 29.6. The summed E-state index contributed by atoms with van der Waals surface area (Å²) in [5.41, 5.74) is 0. The van der Waals surface area contributed by atoms with Crippen LogP contribution in [0.4, 0.5) is 0 Å². The van der Waals surface area contributed by atoms with Crippen LogP contribution in [0.15, 0.2) is 24.3 Å². The highest BCUT2D eigenvalue weighted by molar-refractivity contribution is 5.76. The number of aliphatic hydroxyl groups is 2. The average molecular weight is 931 g/mol. The van der Waals surface area contributed by atoms with Crippen molar-refractivity contribution in [3.8, 4) is 0 Å². The molecule has 1 amide bonds. The molecule has 0 aromatic heterocycles. The Kier molecular flexibility index (Phi) is 54.5. The fraction of sp³-hybridized carbons (Fsp3) is 0.900. The molecule has 6 heteroatoms. The molecule has 390 valence electrons. The monoisotopic (exact) mass is 930 g/mol. The zero-order valence-electron chi connectivity index (χ0n) is 44.4. The molecule has 0 saturated carbocycles. The summed E-state index contributed by atoms with van der Waals surface area (Å²) in [7, 11) is 0. The number of unbranched alkanes of at least 4 members (excludes halogenated alkanes) is 40. The van der Waals surface area contributed by atoms with Gasteiger partial charge in [-0.3, -0.25) is 9.59 Å². The van der Waals surface area contributed by atoms with Gasteiger partial charge in [-0.05, 0) is 77.0 Å². The van der Waals surface area contributed by atoms with E-state index in [2.05, 4.69) is 43.5 Å². The van der Waals surface area contributed by atoms with E-state index in [0.717, 1.165) is 64.2 Å². The molecular formula is C60H115NO5. The van der Waals surface area contributed by atoms with E-state index in [4.69, 9.17) is 4.74 Å². The van der Waals surface area contributed by atoms with Gasteiger partial charge in [0.1, 0.15) is 0 Å². The van der Waals surface area contributed by atoms with Gasteiger partial charge in [0.2, 0.25) is 5.91 Å². The van der Waals surface area contributed by atoms with Crippen LogP contribution < -0.4 is 5.32 Å². The van der Waals surface area contributed by atoms with Crippen LogP contribution >= 0.6 is 0 Å². The molecule has 3 N–H and O–H groups in total. The zero-order valence-corrected chi connectivity index (χ0v) is 44.4. The van der Waals surface area contributed by atoms with Gasteiger partial charge >= 0.3 is 5.97 Å². The number of hydrogen-bond donors (Lipinski definition) is 3. The van der Waals surface area contributed by atoms with Crippen LogP contribution in [-0.2, 0) is 14.3 Å². The summed E-state index contributed by atoms with van der Waals surface area (Å²) in [5.74, 6) is -0.0540. The maximum atomic E-state index is 12.5. The fourth-order valence-corrected chi connectivity index (χ4v) is 9.16. The van der Waals surface area contributed by atoms with Crippen molar-refractivity contribution in [3.63, 3.8) is 0 Å². The van der Waals surface area contributed by atoms with Crippen LogP contribution in [-0.4, -0.2) is 47.4 Å². The van der Waals surface area contributed by atoms with Gasteiger partial charge in [0.05, 0.1) is 25.4 Å². The highest BCUT2D eigenvalue weighted by atomic mass is 16.5. The van der Waals surface area contributed by atoms with E-state index in [1.54, 1.807) is 0 Å². The second-order valence-electron chi connectivity index (χ2n) is 20.3. The van der Waals surface area contributed by atoms with Crippen LogP contribution in [0.3, 0.4) is 0 Å². The van der Waals surface area contributed by atoms with Gasteiger partial charge < -0.3 is 20.3 Å². The Balaban J connectivity index is 3.44. The molecule has 0 radical (unpaired) electrons. The summed E-state index contributed by atoms with van der Waals surface area (Å²) in [6.45, 7) is 4.94. The molecule has 0 spiro atoms. The lowest BCUT2D eigenvalue weighted by molar-refractivity contribution is -0.143. The largest absolute Gasteiger partial charge is 0.466 e. The Hall–Kier alpha value is -1.66. The summed E-state index contributed by atoms with van der Waals surface area (Å²) in [6, 6.07) is -0.553. The first-order valence-corrected chi connectivity index (χ1v) is 29.6. The third-order valence-corrected chi connectivity index (χ3v) is 13.7. The van der Waals surface area contributed by atoms with Gasteiger partial charge in [-0.1, -0.05) is 256 Å². The van der Waals surface area contributed by atoms with E-state index in [9.17, 15) is 19.8 Å². The van der Waals surface area contributed by atoms with Crippen molar-refractivity contribution in [2.45, 2.75) is 334 Å². The number of esters is 1. The van der Waals surface area contributed by atoms with Crippen molar-refractivity contribution in [1.29, 1.82) is 0 Å². The Morgan fingerprint density at radius 2 is 0.712 bits per heavy atom. The number of aliphatic hydroxyl groups excluding tert-OH is 2. The molecule has 0 aliphatic rings. The molecule has 2 unspecified atom stereocenters. The third kappa shape index (κ3) is 51.7. The van der Waals surface area contributed by atoms with Crippen molar-refractivity contribution in [1.82, 2.24) is 5.32 Å². The summed E-state index contributed by atoms with van der Waals surface area (Å²) in [5, 5.41) is 23.2. The van der Waals surface area contributed by atoms with E-state index in [1.165, 1.54) is 225 Å². The lowest BCUT2D eigenvalue weighted by Gasteiger charge is -2.22. The molecule has 6 nitrogen and oxygen atoms in total. The number of allylic oxidation sites excluding steroid dienone is 4. The van der Waals surface area contributed by atoms with E-state index in [-0.39, 0.29) is 18.5 Å². The van der Waals surface area contributed by atoms with Crippen molar-refractivity contribution >= 4 is 11.9 Å². The van der Waals surface area contributed by atoms with E-state index in [1.807, 2.05) is 0 Å². The number of nitrogens with one attached hydrogen (secondary N) is 1. The first-order chi connectivity index (χ1) is 32.5. The molecule has 0 fully saturated rings. The molecule has 0 rings (SSSR count). The van der Waals surface area contributed by atoms with E-state index < -0.39 is 12.1 Å². The molecule has 66 heavy (non-hydrogen) atoms. The van der Waals surface area contributed by atoms with Gasteiger partial charge in [0.15, 0.2) is 0 Å². The SMILES string of the molecule is CCCCCCCC/C=C\CCCCCCCCCCCC(=O)OCCCCCCCCC/C=C\CCCCCCCC(=O)NC(CO)C(O)CCCCCCCCCCCCCCCC. The summed E-state index contributed by atoms with van der Waals surface area (Å²) < 4.78 is 5.48. The summed E-state index contributed by atoms with van der Waals surface area (Å²) >= 11 is 0. The van der Waals surface area contributed by atoms with Crippen LogP contribution in [0.5, 0.6) is 0 Å². The predicted molar refractivity (Wildman–Crippen MR) is 287 cm³/mol. The minimum Gasteiger partial charge on any atom is -0.466 e. The molecule has 2 atom stereocenters. The number of carbonyl (C=O) groups excluding carboxylic acids is 2. The molecular weight excluding hydrogens is 815 g/mol. The Morgan fingerprint density at radius 3 is 1.08 bits per heavy atom.